The number of nitrogens with one attached hydrogen (secondary N) is 2. The van der Waals surface area contributed by atoms with Gasteiger partial charge < -0.3 is 20.3 Å². The number of para-hydroxylation sites is 1. The molecule has 1 amide bonds. The second-order valence-corrected chi connectivity index (χ2v) is 9.26. The number of carbonyl (C=O) groups excluding carboxylic acids is 2. The lowest BCUT2D eigenvalue weighted by atomic mass is 9.86. The van der Waals surface area contributed by atoms with Gasteiger partial charge in [0.15, 0.2) is 5.11 Å². The molecule has 156 valence electrons. The van der Waals surface area contributed by atoms with Crippen LogP contribution in [0.5, 0.6) is 0 Å². The minimum Gasteiger partial charge on any atom is -0.465 e. The van der Waals surface area contributed by atoms with E-state index in [-0.39, 0.29) is 11.3 Å². The van der Waals surface area contributed by atoms with E-state index in [4.69, 9.17) is 17.0 Å². The van der Waals surface area contributed by atoms with Crippen LogP contribution < -0.4 is 10.6 Å². The van der Waals surface area contributed by atoms with Crippen LogP contribution >= 0.6 is 23.6 Å². The number of amides is 1. The van der Waals surface area contributed by atoms with Gasteiger partial charge in [-0.3, -0.25) is 4.79 Å². The van der Waals surface area contributed by atoms with Crippen molar-refractivity contribution in [3.8, 4) is 0 Å². The van der Waals surface area contributed by atoms with Crippen molar-refractivity contribution in [2.75, 3.05) is 31.8 Å². The molecule has 1 heterocycles. The molecule has 2 aromatic rings. The molecule has 0 bridgehead atoms. The van der Waals surface area contributed by atoms with Crippen molar-refractivity contribution in [2.45, 2.75) is 33.1 Å². The van der Waals surface area contributed by atoms with Crippen LogP contribution in [0, 0.1) is 6.92 Å². The standard InChI is InChI=1S/C21H27N3O3S2/c1-12-15(19(26)27-7)17(29-16(12)18(25)24(5)6)23-20(28)22-14-11-9-8-10-13(14)21(2,3)4/h8-11H,1-7H3,(H2,22,23,28). The summed E-state index contributed by atoms with van der Waals surface area (Å²) in [5, 5.41) is 7.09. The summed E-state index contributed by atoms with van der Waals surface area (Å²) >= 11 is 6.67. The molecule has 0 aliphatic carbocycles. The van der Waals surface area contributed by atoms with Gasteiger partial charge in [-0.25, -0.2) is 4.79 Å². The highest BCUT2D eigenvalue weighted by atomic mass is 32.1. The number of esters is 1. The molecule has 0 atom stereocenters. The predicted octanol–water partition coefficient (Wildman–Crippen LogP) is 4.65. The molecule has 0 spiro atoms. The van der Waals surface area contributed by atoms with E-state index in [1.54, 1.807) is 21.0 Å². The average molecular weight is 434 g/mol. The van der Waals surface area contributed by atoms with Gasteiger partial charge in [0.05, 0.1) is 17.6 Å². The highest BCUT2D eigenvalue weighted by Gasteiger charge is 2.27. The molecule has 0 aliphatic heterocycles. The highest BCUT2D eigenvalue weighted by Crippen LogP contribution is 2.35. The van der Waals surface area contributed by atoms with Crippen molar-refractivity contribution in [2.24, 2.45) is 0 Å². The summed E-state index contributed by atoms with van der Waals surface area (Å²) in [6, 6.07) is 7.92. The molecule has 1 aromatic heterocycles. The first-order valence-corrected chi connectivity index (χ1v) is 10.3. The Hall–Kier alpha value is -2.45. The number of nitrogens with zero attached hydrogens (tertiary/aromatic N) is 1. The number of anilines is 2. The minimum absolute atomic E-state index is 0.0683. The molecule has 0 saturated heterocycles. The van der Waals surface area contributed by atoms with Gasteiger partial charge in [-0.2, -0.15) is 0 Å². The SMILES string of the molecule is COC(=O)c1c(NC(=S)Nc2ccccc2C(C)(C)C)sc(C(=O)N(C)C)c1C. The van der Waals surface area contributed by atoms with Gasteiger partial charge in [-0.15, -0.1) is 11.3 Å². The van der Waals surface area contributed by atoms with Gasteiger partial charge in [0, 0.05) is 19.8 Å². The topological polar surface area (TPSA) is 70.7 Å². The van der Waals surface area contributed by atoms with Gasteiger partial charge >= 0.3 is 5.97 Å². The van der Waals surface area contributed by atoms with Gasteiger partial charge in [0.25, 0.3) is 5.91 Å². The van der Waals surface area contributed by atoms with Gasteiger partial charge in [0.2, 0.25) is 0 Å². The number of benzene rings is 1. The largest absolute Gasteiger partial charge is 0.465 e. The maximum Gasteiger partial charge on any atom is 0.341 e. The summed E-state index contributed by atoms with van der Waals surface area (Å²) in [6.45, 7) is 8.11. The van der Waals surface area contributed by atoms with Gasteiger partial charge in [0.1, 0.15) is 5.00 Å². The van der Waals surface area contributed by atoms with Crippen LogP contribution in [0.15, 0.2) is 24.3 Å². The number of thiocarbonyl (C=S) groups is 1. The zero-order valence-corrected chi connectivity index (χ0v) is 19.4. The van der Waals surface area contributed by atoms with Gasteiger partial charge in [-0.05, 0) is 41.7 Å². The fourth-order valence-corrected chi connectivity index (χ4v) is 4.36. The number of hydrogen-bond donors (Lipinski definition) is 2. The summed E-state index contributed by atoms with van der Waals surface area (Å²) in [5.41, 5.74) is 2.82. The van der Waals surface area contributed by atoms with Crippen LogP contribution in [0.4, 0.5) is 10.7 Å². The summed E-state index contributed by atoms with van der Waals surface area (Å²) in [4.78, 5) is 26.8. The van der Waals surface area contributed by atoms with Crippen LogP contribution in [0.25, 0.3) is 0 Å². The van der Waals surface area contributed by atoms with E-state index in [9.17, 15) is 9.59 Å². The maximum absolute atomic E-state index is 12.5. The lowest BCUT2D eigenvalue weighted by Crippen LogP contribution is -2.23. The molecule has 0 saturated carbocycles. The molecule has 2 N–H and O–H groups in total. The zero-order valence-electron chi connectivity index (χ0n) is 17.8. The third-order valence-corrected chi connectivity index (χ3v) is 5.75. The van der Waals surface area contributed by atoms with E-state index in [1.807, 2.05) is 24.3 Å². The molecular weight excluding hydrogens is 406 g/mol. The first kappa shape index (κ1) is 22.8. The zero-order chi connectivity index (χ0) is 21.9. The molecule has 0 radical (unpaired) electrons. The number of hydrogen-bond acceptors (Lipinski definition) is 5. The predicted molar refractivity (Wildman–Crippen MR) is 123 cm³/mol. The molecule has 8 heteroatoms. The van der Waals surface area contributed by atoms with Crippen LogP contribution in [0.1, 0.15) is 51.9 Å². The third kappa shape index (κ3) is 5.13. The van der Waals surface area contributed by atoms with Crippen LogP contribution in [-0.2, 0) is 10.2 Å². The number of ether oxygens (including phenoxy) is 1. The smallest absolute Gasteiger partial charge is 0.341 e. The van der Waals surface area contributed by atoms with Crippen molar-refractivity contribution in [3.63, 3.8) is 0 Å². The van der Waals surface area contributed by atoms with Crippen molar-refractivity contribution in [1.29, 1.82) is 0 Å². The minimum atomic E-state index is -0.517. The van der Waals surface area contributed by atoms with Crippen LogP contribution in [-0.4, -0.2) is 43.1 Å². The quantitative estimate of drug-likeness (QED) is 0.540. The summed E-state index contributed by atoms with van der Waals surface area (Å²) in [7, 11) is 4.65. The third-order valence-electron chi connectivity index (χ3n) is 4.35. The Kier molecular flexibility index (Phi) is 7.02. The maximum atomic E-state index is 12.5. The van der Waals surface area contributed by atoms with E-state index in [0.29, 0.717) is 26.1 Å². The fraction of sp³-hybridized carbons (Fsp3) is 0.381. The van der Waals surface area contributed by atoms with E-state index >= 15 is 0 Å². The van der Waals surface area contributed by atoms with Crippen molar-refractivity contribution >= 4 is 51.2 Å². The first-order chi connectivity index (χ1) is 13.5. The summed E-state index contributed by atoms with van der Waals surface area (Å²) in [6.07, 6.45) is 0. The Morgan fingerprint density at radius 2 is 1.76 bits per heavy atom. The Labute approximate surface area is 181 Å². The molecule has 0 unspecified atom stereocenters. The number of carbonyl (C=O) groups is 2. The number of thiophene rings is 1. The molecule has 2 rings (SSSR count). The monoisotopic (exact) mass is 433 g/mol. The second-order valence-electron chi connectivity index (χ2n) is 7.83. The van der Waals surface area contributed by atoms with E-state index < -0.39 is 5.97 Å². The van der Waals surface area contributed by atoms with Crippen LogP contribution in [0.3, 0.4) is 0 Å². The van der Waals surface area contributed by atoms with E-state index in [0.717, 1.165) is 11.3 Å². The Morgan fingerprint density at radius 3 is 2.31 bits per heavy atom. The van der Waals surface area contributed by atoms with Gasteiger partial charge in [-0.1, -0.05) is 39.0 Å². The van der Waals surface area contributed by atoms with E-state index in [1.165, 1.54) is 23.3 Å². The summed E-state index contributed by atoms with van der Waals surface area (Å²) in [5.74, 6) is -0.695. The lowest BCUT2D eigenvalue weighted by Gasteiger charge is -2.23. The van der Waals surface area contributed by atoms with Crippen molar-refractivity contribution < 1.29 is 14.3 Å². The molecule has 29 heavy (non-hydrogen) atoms. The number of methoxy groups -OCH3 is 1. The molecule has 1 aromatic carbocycles. The van der Waals surface area contributed by atoms with Crippen molar-refractivity contribution in [3.05, 3.63) is 45.8 Å². The van der Waals surface area contributed by atoms with Crippen LogP contribution in [0.2, 0.25) is 0 Å². The lowest BCUT2D eigenvalue weighted by molar-refractivity contribution is 0.0601. The normalized spacial score (nSPS) is 11.0. The Morgan fingerprint density at radius 1 is 1.14 bits per heavy atom. The average Bonchev–Trinajstić information content (AvgIpc) is 2.95. The Bertz CT molecular complexity index is 943. The van der Waals surface area contributed by atoms with E-state index in [2.05, 4.69) is 31.4 Å². The fourth-order valence-electron chi connectivity index (χ4n) is 2.86. The Balaban J connectivity index is 2.37. The molecular formula is C21H27N3O3S2. The second kappa shape index (κ2) is 8.92. The van der Waals surface area contributed by atoms with Crippen molar-refractivity contribution in [1.82, 2.24) is 4.90 Å². The molecule has 0 aliphatic rings. The summed E-state index contributed by atoms with van der Waals surface area (Å²) < 4.78 is 4.91. The highest BCUT2D eigenvalue weighted by molar-refractivity contribution is 7.80. The molecule has 0 fully saturated rings. The molecule has 6 nitrogen and oxygen atoms in total. The first-order valence-electron chi connectivity index (χ1n) is 9.08. The number of rotatable bonds is 4.